The quantitative estimate of drug-likeness (QED) is 0.691. The third kappa shape index (κ3) is 2.44. The van der Waals surface area contributed by atoms with Crippen LogP contribution in [0.3, 0.4) is 0 Å². The predicted molar refractivity (Wildman–Crippen MR) is 59.9 cm³/mol. The van der Waals surface area contributed by atoms with Crippen molar-refractivity contribution in [2.45, 2.75) is 39.0 Å². The van der Waals surface area contributed by atoms with Crippen LogP contribution >= 0.6 is 0 Å². The van der Waals surface area contributed by atoms with Gasteiger partial charge in [0.05, 0.1) is 0 Å². The zero-order chi connectivity index (χ0) is 10.7. The third-order valence-corrected chi connectivity index (χ3v) is 3.14. The van der Waals surface area contributed by atoms with E-state index in [1.165, 1.54) is 19.3 Å². The molecule has 15 heavy (non-hydrogen) atoms. The van der Waals surface area contributed by atoms with E-state index in [9.17, 15) is 4.79 Å². The lowest BCUT2D eigenvalue weighted by Gasteiger charge is -2.19. The molecule has 0 radical (unpaired) electrons. The molecule has 0 spiro atoms. The molecule has 1 aliphatic rings. The average Bonchev–Trinajstić information content (AvgIpc) is 2.30. The number of aromatic nitrogens is 1. The molecule has 1 aromatic heterocycles. The predicted octanol–water partition coefficient (Wildman–Crippen LogP) is 3.15. The molecule has 0 N–H and O–H groups in total. The van der Waals surface area contributed by atoms with Gasteiger partial charge in [-0.2, -0.15) is 0 Å². The molecule has 2 nitrogen and oxygen atoms in total. The Bertz CT molecular complexity index is 336. The lowest BCUT2D eigenvalue weighted by Crippen LogP contribution is -2.18. The molecular weight excluding hydrogens is 186 g/mol. The van der Waals surface area contributed by atoms with E-state index in [-0.39, 0.29) is 11.7 Å². The summed E-state index contributed by atoms with van der Waals surface area (Å²) < 4.78 is 0. The number of aryl methyl sites for hydroxylation is 1. The molecule has 0 aromatic carbocycles. The maximum absolute atomic E-state index is 12.0. The van der Waals surface area contributed by atoms with Crippen LogP contribution in [0.25, 0.3) is 0 Å². The topological polar surface area (TPSA) is 30.0 Å². The molecule has 80 valence electrons. The van der Waals surface area contributed by atoms with Crippen molar-refractivity contribution >= 4 is 5.78 Å². The molecule has 1 aliphatic carbocycles. The number of rotatable bonds is 2. The average molecular weight is 203 g/mol. The van der Waals surface area contributed by atoms with E-state index in [1.54, 1.807) is 6.20 Å². The number of pyridine rings is 1. The Morgan fingerprint density at radius 2 is 2.00 bits per heavy atom. The summed E-state index contributed by atoms with van der Waals surface area (Å²) in [7, 11) is 0. The summed E-state index contributed by atoms with van der Waals surface area (Å²) in [6, 6.07) is 3.81. The van der Waals surface area contributed by atoms with Gasteiger partial charge >= 0.3 is 0 Å². The number of carbonyl (C=O) groups is 1. The monoisotopic (exact) mass is 203 g/mol. The first-order valence-electron chi connectivity index (χ1n) is 5.74. The van der Waals surface area contributed by atoms with E-state index in [0.29, 0.717) is 5.69 Å². The molecule has 0 unspecified atom stereocenters. The second-order valence-corrected chi connectivity index (χ2v) is 4.42. The Hall–Kier alpha value is -1.18. The summed E-state index contributed by atoms with van der Waals surface area (Å²) in [5.74, 6) is 0.476. The van der Waals surface area contributed by atoms with Crippen molar-refractivity contribution in [2.24, 2.45) is 5.92 Å². The maximum atomic E-state index is 12.0. The van der Waals surface area contributed by atoms with Crippen LogP contribution < -0.4 is 0 Å². The number of hydrogen-bond donors (Lipinski definition) is 0. The van der Waals surface area contributed by atoms with Gasteiger partial charge in [0.1, 0.15) is 5.69 Å². The van der Waals surface area contributed by atoms with Gasteiger partial charge in [-0.15, -0.1) is 0 Å². The van der Waals surface area contributed by atoms with Gasteiger partial charge in [-0.25, -0.2) is 0 Å². The highest BCUT2D eigenvalue weighted by Gasteiger charge is 2.22. The van der Waals surface area contributed by atoms with Crippen molar-refractivity contribution in [1.29, 1.82) is 0 Å². The van der Waals surface area contributed by atoms with Crippen molar-refractivity contribution in [1.82, 2.24) is 4.98 Å². The van der Waals surface area contributed by atoms with Crippen LogP contribution in [-0.4, -0.2) is 10.8 Å². The summed E-state index contributed by atoms with van der Waals surface area (Å²) >= 11 is 0. The number of Topliss-reactive ketones (excluding diaryl/α,β-unsaturated/α-hetero) is 1. The Balaban J connectivity index is 2.09. The van der Waals surface area contributed by atoms with Gasteiger partial charge in [0.25, 0.3) is 0 Å². The summed E-state index contributed by atoms with van der Waals surface area (Å²) in [5, 5.41) is 0. The van der Waals surface area contributed by atoms with Crippen molar-refractivity contribution in [3.8, 4) is 0 Å². The van der Waals surface area contributed by atoms with E-state index in [2.05, 4.69) is 4.98 Å². The molecule has 1 saturated carbocycles. The molecular formula is C13H17NO. The minimum Gasteiger partial charge on any atom is -0.292 e. The summed E-state index contributed by atoms with van der Waals surface area (Å²) in [6.07, 6.45) is 7.55. The van der Waals surface area contributed by atoms with E-state index in [1.807, 2.05) is 19.1 Å². The van der Waals surface area contributed by atoms with Gasteiger partial charge in [-0.1, -0.05) is 25.3 Å². The molecule has 2 rings (SSSR count). The fraction of sp³-hybridized carbons (Fsp3) is 0.538. The van der Waals surface area contributed by atoms with E-state index in [4.69, 9.17) is 0 Å². The number of ketones is 1. The molecule has 1 heterocycles. The molecule has 1 fully saturated rings. The molecule has 0 aliphatic heterocycles. The van der Waals surface area contributed by atoms with Crippen molar-refractivity contribution in [3.63, 3.8) is 0 Å². The lowest BCUT2D eigenvalue weighted by molar-refractivity contribution is 0.0884. The molecule has 0 atom stereocenters. The second-order valence-electron chi connectivity index (χ2n) is 4.42. The largest absolute Gasteiger partial charge is 0.292 e. The highest BCUT2D eigenvalue weighted by atomic mass is 16.1. The Morgan fingerprint density at radius 1 is 1.27 bits per heavy atom. The van der Waals surface area contributed by atoms with E-state index in [0.717, 1.165) is 18.4 Å². The van der Waals surface area contributed by atoms with E-state index < -0.39 is 0 Å². The van der Waals surface area contributed by atoms with Crippen LogP contribution in [0.1, 0.15) is 48.2 Å². The number of carbonyl (C=O) groups excluding carboxylic acids is 1. The second kappa shape index (κ2) is 4.56. The first kappa shape index (κ1) is 10.3. The fourth-order valence-corrected chi connectivity index (χ4v) is 2.19. The Kier molecular flexibility index (Phi) is 3.14. The number of nitrogens with zero attached hydrogens (tertiary/aromatic N) is 1. The fourth-order valence-electron chi connectivity index (χ4n) is 2.19. The van der Waals surface area contributed by atoms with Crippen LogP contribution in [-0.2, 0) is 0 Å². The molecule has 0 amide bonds. The molecule has 1 aromatic rings. The molecule has 0 saturated heterocycles. The van der Waals surface area contributed by atoms with Crippen molar-refractivity contribution in [3.05, 3.63) is 29.6 Å². The first-order valence-corrected chi connectivity index (χ1v) is 5.74. The smallest absolute Gasteiger partial charge is 0.184 e. The zero-order valence-electron chi connectivity index (χ0n) is 9.20. The SMILES string of the molecule is Cc1ccc(C(=O)C2CCCCC2)nc1. The molecule has 2 heteroatoms. The highest BCUT2D eigenvalue weighted by molar-refractivity contribution is 5.96. The van der Waals surface area contributed by atoms with Gasteiger partial charge in [-0.05, 0) is 31.4 Å². The van der Waals surface area contributed by atoms with Crippen LogP contribution in [0, 0.1) is 12.8 Å². The minimum atomic E-state index is 0.231. The van der Waals surface area contributed by atoms with Crippen LogP contribution in [0.4, 0.5) is 0 Å². The van der Waals surface area contributed by atoms with Crippen LogP contribution in [0.2, 0.25) is 0 Å². The summed E-state index contributed by atoms with van der Waals surface area (Å²) in [4.78, 5) is 16.3. The number of hydrogen-bond acceptors (Lipinski definition) is 2. The summed E-state index contributed by atoms with van der Waals surface area (Å²) in [5.41, 5.74) is 1.75. The normalized spacial score (nSPS) is 17.7. The van der Waals surface area contributed by atoms with Crippen molar-refractivity contribution < 1.29 is 4.79 Å². The van der Waals surface area contributed by atoms with Crippen LogP contribution in [0.5, 0.6) is 0 Å². The first-order chi connectivity index (χ1) is 7.27. The minimum absolute atomic E-state index is 0.231. The summed E-state index contributed by atoms with van der Waals surface area (Å²) in [6.45, 7) is 1.99. The highest BCUT2D eigenvalue weighted by Crippen LogP contribution is 2.26. The molecule has 0 bridgehead atoms. The van der Waals surface area contributed by atoms with Crippen LogP contribution in [0.15, 0.2) is 18.3 Å². The van der Waals surface area contributed by atoms with Gasteiger partial charge < -0.3 is 0 Å². The standard InChI is InChI=1S/C13H17NO/c1-10-7-8-12(14-9-10)13(15)11-5-3-2-4-6-11/h7-9,11H,2-6H2,1H3. The zero-order valence-corrected chi connectivity index (χ0v) is 9.20. The third-order valence-electron chi connectivity index (χ3n) is 3.14. The van der Waals surface area contributed by atoms with Gasteiger partial charge in [0, 0.05) is 12.1 Å². The maximum Gasteiger partial charge on any atom is 0.184 e. The van der Waals surface area contributed by atoms with Gasteiger partial charge in [0.15, 0.2) is 5.78 Å². The lowest BCUT2D eigenvalue weighted by atomic mass is 9.85. The van der Waals surface area contributed by atoms with Gasteiger partial charge in [0.2, 0.25) is 0 Å². The van der Waals surface area contributed by atoms with Crippen molar-refractivity contribution in [2.75, 3.05) is 0 Å². The van der Waals surface area contributed by atoms with E-state index >= 15 is 0 Å². The Morgan fingerprint density at radius 3 is 2.60 bits per heavy atom. The Labute approximate surface area is 90.7 Å². The van der Waals surface area contributed by atoms with Gasteiger partial charge in [-0.3, -0.25) is 9.78 Å².